The molecule has 0 saturated heterocycles. The lowest BCUT2D eigenvalue weighted by Gasteiger charge is -2.07. The molecule has 1 aromatic carbocycles. The lowest BCUT2D eigenvalue weighted by molar-refractivity contribution is 0.410. The fourth-order valence-electron chi connectivity index (χ4n) is 1.22. The largest absolute Gasteiger partial charge is 0.496 e. The molecule has 13 heavy (non-hydrogen) atoms. The van der Waals surface area contributed by atoms with Crippen LogP contribution in [0, 0.1) is 5.41 Å². The van der Waals surface area contributed by atoms with Crippen LogP contribution in [0.2, 0.25) is 0 Å². The van der Waals surface area contributed by atoms with E-state index in [1.54, 1.807) is 13.2 Å². The van der Waals surface area contributed by atoms with Gasteiger partial charge in [0.25, 0.3) is 0 Å². The summed E-state index contributed by atoms with van der Waals surface area (Å²) in [6.07, 6.45) is 0.879. The van der Waals surface area contributed by atoms with Gasteiger partial charge in [-0.3, -0.25) is 5.41 Å². The number of aryl methyl sites for hydroxylation is 1. The zero-order valence-corrected chi connectivity index (χ0v) is 7.92. The molecular formula is C10H14N2O. The number of nitrogens with two attached hydrogens (primary N) is 1. The molecule has 3 heteroatoms. The van der Waals surface area contributed by atoms with Gasteiger partial charge >= 0.3 is 0 Å². The first-order valence-electron chi connectivity index (χ1n) is 4.20. The first-order valence-corrected chi connectivity index (χ1v) is 4.20. The molecule has 3 N–H and O–H groups in total. The maximum atomic E-state index is 7.27. The third-order valence-corrected chi connectivity index (χ3v) is 1.97. The van der Waals surface area contributed by atoms with Crippen molar-refractivity contribution in [3.05, 3.63) is 29.3 Å². The van der Waals surface area contributed by atoms with Crippen LogP contribution in [-0.4, -0.2) is 12.9 Å². The van der Waals surface area contributed by atoms with E-state index in [-0.39, 0.29) is 5.84 Å². The van der Waals surface area contributed by atoms with Gasteiger partial charge in [-0.15, -0.1) is 0 Å². The van der Waals surface area contributed by atoms with Crippen LogP contribution in [0.4, 0.5) is 0 Å². The fourth-order valence-corrected chi connectivity index (χ4v) is 1.22. The number of rotatable bonds is 3. The van der Waals surface area contributed by atoms with Crippen LogP contribution >= 0.6 is 0 Å². The molecule has 1 aromatic rings. The van der Waals surface area contributed by atoms with Crippen LogP contribution in [0.25, 0.3) is 0 Å². The van der Waals surface area contributed by atoms with E-state index in [4.69, 9.17) is 15.9 Å². The van der Waals surface area contributed by atoms with E-state index in [9.17, 15) is 0 Å². The maximum absolute atomic E-state index is 7.27. The van der Waals surface area contributed by atoms with Crippen molar-refractivity contribution in [2.45, 2.75) is 13.3 Å². The number of nitrogens with one attached hydrogen (secondary N) is 1. The van der Waals surface area contributed by atoms with Gasteiger partial charge in [0, 0.05) is 5.56 Å². The summed E-state index contributed by atoms with van der Waals surface area (Å²) in [6, 6.07) is 5.52. The lowest BCUT2D eigenvalue weighted by atomic mass is 10.1. The summed E-state index contributed by atoms with van der Waals surface area (Å²) in [7, 11) is 1.64. The third kappa shape index (κ3) is 1.99. The zero-order valence-electron chi connectivity index (χ0n) is 7.92. The highest BCUT2D eigenvalue weighted by atomic mass is 16.5. The highest BCUT2D eigenvalue weighted by Crippen LogP contribution is 2.19. The lowest BCUT2D eigenvalue weighted by Crippen LogP contribution is -2.11. The Balaban J connectivity index is 3.13. The average molecular weight is 178 g/mol. The van der Waals surface area contributed by atoms with E-state index < -0.39 is 0 Å². The van der Waals surface area contributed by atoms with Gasteiger partial charge in [-0.05, 0) is 30.2 Å². The predicted octanol–water partition coefficient (Wildman–Crippen LogP) is 1.54. The number of benzene rings is 1. The van der Waals surface area contributed by atoms with Crippen molar-refractivity contribution in [1.29, 1.82) is 5.41 Å². The quantitative estimate of drug-likeness (QED) is 0.545. The molecule has 0 aromatic heterocycles. The molecule has 3 nitrogen and oxygen atoms in total. The Bertz CT molecular complexity index is 321. The van der Waals surface area contributed by atoms with E-state index in [1.165, 1.54) is 0 Å². The molecule has 0 amide bonds. The van der Waals surface area contributed by atoms with Gasteiger partial charge in [-0.2, -0.15) is 0 Å². The minimum atomic E-state index is 0.0948. The standard InChI is InChI=1S/C10H14N2O/c1-3-7-6-8(10(11)12)4-5-9(7)13-2/h4-6H,3H2,1-2H3,(H3,11,12). The van der Waals surface area contributed by atoms with Gasteiger partial charge in [0.15, 0.2) is 0 Å². The molecule has 70 valence electrons. The summed E-state index contributed by atoms with van der Waals surface area (Å²) in [5.41, 5.74) is 7.20. The SMILES string of the molecule is CCc1cc(C(=N)N)ccc1OC. The fraction of sp³-hybridized carbons (Fsp3) is 0.300. The van der Waals surface area contributed by atoms with Crippen molar-refractivity contribution >= 4 is 5.84 Å². The smallest absolute Gasteiger partial charge is 0.122 e. The van der Waals surface area contributed by atoms with E-state index in [2.05, 4.69) is 0 Å². The summed E-state index contributed by atoms with van der Waals surface area (Å²) in [4.78, 5) is 0. The third-order valence-electron chi connectivity index (χ3n) is 1.97. The molecular weight excluding hydrogens is 164 g/mol. The normalized spacial score (nSPS) is 9.69. The molecule has 0 heterocycles. The molecule has 0 saturated carbocycles. The Hall–Kier alpha value is -1.51. The monoisotopic (exact) mass is 178 g/mol. The predicted molar refractivity (Wildman–Crippen MR) is 53.4 cm³/mol. The second-order valence-electron chi connectivity index (χ2n) is 2.79. The zero-order chi connectivity index (χ0) is 9.84. The molecule has 0 fully saturated rings. The summed E-state index contributed by atoms with van der Waals surface area (Å²) in [6.45, 7) is 2.04. The Kier molecular flexibility index (Phi) is 2.90. The van der Waals surface area contributed by atoms with Gasteiger partial charge in [0.05, 0.1) is 7.11 Å². The van der Waals surface area contributed by atoms with Crippen LogP contribution in [0.5, 0.6) is 5.75 Å². The highest BCUT2D eigenvalue weighted by molar-refractivity contribution is 5.95. The number of hydrogen-bond donors (Lipinski definition) is 2. The van der Waals surface area contributed by atoms with Gasteiger partial charge in [-0.25, -0.2) is 0 Å². The Morgan fingerprint density at radius 1 is 1.54 bits per heavy atom. The second kappa shape index (κ2) is 3.94. The molecule has 0 atom stereocenters. The summed E-state index contributed by atoms with van der Waals surface area (Å²) >= 11 is 0. The molecule has 1 rings (SSSR count). The Morgan fingerprint density at radius 2 is 2.23 bits per heavy atom. The van der Waals surface area contributed by atoms with E-state index in [1.807, 2.05) is 19.1 Å². The Morgan fingerprint density at radius 3 is 2.69 bits per heavy atom. The van der Waals surface area contributed by atoms with Gasteiger partial charge in [0.2, 0.25) is 0 Å². The number of methoxy groups -OCH3 is 1. The number of nitrogen functional groups attached to an aromatic ring is 1. The molecule has 0 unspecified atom stereocenters. The topological polar surface area (TPSA) is 59.1 Å². The molecule has 0 aliphatic carbocycles. The first-order chi connectivity index (χ1) is 6.19. The van der Waals surface area contributed by atoms with E-state index in [0.29, 0.717) is 0 Å². The number of amidine groups is 1. The van der Waals surface area contributed by atoms with Crippen molar-refractivity contribution in [1.82, 2.24) is 0 Å². The minimum Gasteiger partial charge on any atom is -0.496 e. The molecule has 0 aliphatic heterocycles. The van der Waals surface area contributed by atoms with Crippen LogP contribution in [0.3, 0.4) is 0 Å². The van der Waals surface area contributed by atoms with Gasteiger partial charge in [-0.1, -0.05) is 6.92 Å². The van der Waals surface area contributed by atoms with Gasteiger partial charge in [0.1, 0.15) is 11.6 Å². The van der Waals surface area contributed by atoms with Crippen LogP contribution in [0.1, 0.15) is 18.1 Å². The maximum Gasteiger partial charge on any atom is 0.122 e. The number of ether oxygens (including phenoxy) is 1. The summed E-state index contributed by atoms with van der Waals surface area (Å²) < 4.78 is 5.16. The molecule has 0 aliphatic rings. The average Bonchev–Trinajstić information content (AvgIpc) is 2.16. The van der Waals surface area contributed by atoms with Crippen molar-refractivity contribution < 1.29 is 4.74 Å². The molecule has 0 radical (unpaired) electrons. The number of hydrogen-bond acceptors (Lipinski definition) is 2. The second-order valence-corrected chi connectivity index (χ2v) is 2.79. The minimum absolute atomic E-state index is 0.0948. The summed E-state index contributed by atoms with van der Waals surface area (Å²) in [5, 5.41) is 7.27. The van der Waals surface area contributed by atoms with Gasteiger partial charge < -0.3 is 10.5 Å². The van der Waals surface area contributed by atoms with Crippen LogP contribution in [-0.2, 0) is 6.42 Å². The first kappa shape index (κ1) is 9.58. The van der Waals surface area contributed by atoms with Crippen molar-refractivity contribution in [3.63, 3.8) is 0 Å². The highest BCUT2D eigenvalue weighted by Gasteiger charge is 2.03. The Labute approximate surface area is 78.0 Å². The van der Waals surface area contributed by atoms with Crippen LogP contribution < -0.4 is 10.5 Å². The van der Waals surface area contributed by atoms with Crippen molar-refractivity contribution in [2.24, 2.45) is 5.73 Å². The van der Waals surface area contributed by atoms with Crippen molar-refractivity contribution in [2.75, 3.05) is 7.11 Å². The van der Waals surface area contributed by atoms with Crippen molar-refractivity contribution in [3.8, 4) is 5.75 Å². The summed E-state index contributed by atoms with van der Waals surface area (Å²) in [5.74, 6) is 0.949. The molecule has 0 spiro atoms. The van der Waals surface area contributed by atoms with E-state index in [0.717, 1.165) is 23.3 Å². The van der Waals surface area contributed by atoms with E-state index >= 15 is 0 Å². The molecule has 0 bridgehead atoms. The van der Waals surface area contributed by atoms with Crippen LogP contribution in [0.15, 0.2) is 18.2 Å².